The fourth-order valence-corrected chi connectivity index (χ4v) is 5.74. The van der Waals surface area contributed by atoms with Crippen LogP contribution in [0.25, 0.3) is 11.3 Å². The number of carboxylic acids is 1. The fraction of sp³-hybridized carbons (Fsp3) is 0.387. The van der Waals surface area contributed by atoms with Gasteiger partial charge in [-0.3, -0.25) is 14.3 Å². The zero-order chi connectivity index (χ0) is 32.8. The molecule has 0 radical (unpaired) electrons. The highest BCUT2D eigenvalue weighted by Gasteiger charge is 2.28. The number of carbonyl (C=O) groups excluding carboxylic acids is 2. The second kappa shape index (κ2) is 14.7. The van der Waals surface area contributed by atoms with Gasteiger partial charge in [0.15, 0.2) is 5.96 Å². The number of aryl methyl sites for hydroxylation is 1. The van der Waals surface area contributed by atoms with E-state index in [0.29, 0.717) is 36.5 Å². The standard InChI is InChI=1S/C31H37Cl2N7O5/c1-17(2)13-23(37-31(34)35)29(42)36-16-26(41)40-11-9-18(10-12-40)24-15-22(38-39(24)3)21-7-8-25(28(33)27(21)32)45-20-6-4-5-19(14-20)30(43)44/h4-8,14-15,17-18,23H,9-13,16H2,1-3H3,(H,36,42)(H,43,44)(H4,34,35,37)/t23-/m1/s1. The predicted octanol–water partition coefficient (Wildman–Crippen LogP) is 4.39. The summed E-state index contributed by atoms with van der Waals surface area (Å²) < 4.78 is 7.63. The van der Waals surface area contributed by atoms with E-state index in [1.165, 1.54) is 12.1 Å². The zero-order valence-electron chi connectivity index (χ0n) is 25.3. The first kappa shape index (κ1) is 33.6. The Morgan fingerprint density at radius 1 is 1.11 bits per heavy atom. The number of ether oxygens (including phenoxy) is 1. The van der Waals surface area contributed by atoms with Crippen molar-refractivity contribution in [2.75, 3.05) is 19.6 Å². The minimum Gasteiger partial charge on any atom is -0.478 e. The lowest BCUT2D eigenvalue weighted by Crippen LogP contribution is -2.46. The zero-order valence-corrected chi connectivity index (χ0v) is 26.8. The Labute approximate surface area is 271 Å². The van der Waals surface area contributed by atoms with Crippen LogP contribution < -0.4 is 21.5 Å². The van der Waals surface area contributed by atoms with E-state index in [1.54, 1.807) is 29.2 Å². The molecule has 1 aliphatic heterocycles. The lowest BCUT2D eigenvalue weighted by atomic mass is 9.92. The number of rotatable bonds is 11. The predicted molar refractivity (Wildman–Crippen MR) is 173 cm³/mol. The molecule has 4 rings (SSSR count). The number of benzene rings is 2. The first-order chi connectivity index (χ1) is 21.3. The summed E-state index contributed by atoms with van der Waals surface area (Å²) in [6, 6.07) is 10.7. The van der Waals surface area contributed by atoms with Crippen LogP contribution >= 0.6 is 23.2 Å². The summed E-state index contributed by atoms with van der Waals surface area (Å²) in [6.07, 6.45) is 1.91. The van der Waals surface area contributed by atoms with Crippen LogP contribution in [-0.4, -0.2) is 69.2 Å². The highest BCUT2D eigenvalue weighted by Crippen LogP contribution is 2.42. The number of amides is 2. The van der Waals surface area contributed by atoms with Gasteiger partial charge in [0, 0.05) is 37.3 Å². The lowest BCUT2D eigenvalue weighted by Gasteiger charge is -2.32. The molecule has 0 saturated carbocycles. The highest BCUT2D eigenvalue weighted by atomic mass is 35.5. The number of aromatic nitrogens is 2. The van der Waals surface area contributed by atoms with Gasteiger partial charge in [0.05, 0.1) is 22.8 Å². The highest BCUT2D eigenvalue weighted by molar-refractivity contribution is 6.44. The molecule has 2 heterocycles. The summed E-state index contributed by atoms with van der Waals surface area (Å²) in [6.45, 7) is 4.87. The van der Waals surface area contributed by atoms with Gasteiger partial charge in [0.1, 0.15) is 22.6 Å². The summed E-state index contributed by atoms with van der Waals surface area (Å²) in [4.78, 5) is 42.5. The number of nitrogens with zero attached hydrogens (tertiary/aromatic N) is 4. The van der Waals surface area contributed by atoms with Crippen molar-refractivity contribution in [3.63, 3.8) is 0 Å². The van der Waals surface area contributed by atoms with Crippen LogP contribution in [-0.2, 0) is 16.6 Å². The third-order valence-electron chi connectivity index (χ3n) is 7.53. The number of aliphatic imine (C=N–C) groups is 1. The molecule has 1 fully saturated rings. The first-order valence-electron chi connectivity index (χ1n) is 14.5. The number of hydrogen-bond donors (Lipinski definition) is 4. The largest absolute Gasteiger partial charge is 0.478 e. The first-order valence-corrected chi connectivity index (χ1v) is 15.3. The van der Waals surface area contributed by atoms with Crippen molar-refractivity contribution in [2.45, 2.75) is 45.1 Å². The van der Waals surface area contributed by atoms with Crippen molar-refractivity contribution in [2.24, 2.45) is 29.4 Å². The van der Waals surface area contributed by atoms with Crippen molar-refractivity contribution in [3.8, 4) is 22.8 Å². The molecule has 2 aromatic carbocycles. The molecule has 0 spiro atoms. The maximum Gasteiger partial charge on any atom is 0.335 e. The number of nitrogens with two attached hydrogens (primary N) is 2. The van der Waals surface area contributed by atoms with E-state index in [-0.39, 0.29) is 57.5 Å². The molecule has 1 atom stereocenters. The molecule has 12 nitrogen and oxygen atoms in total. The quantitative estimate of drug-likeness (QED) is 0.173. The summed E-state index contributed by atoms with van der Waals surface area (Å²) in [5.74, 6) is -0.832. The number of carbonyl (C=O) groups is 3. The van der Waals surface area contributed by atoms with E-state index in [0.717, 1.165) is 18.5 Å². The maximum absolute atomic E-state index is 12.9. The SMILES string of the molecule is CC(C)C[C@@H](N=C(N)N)C(=O)NCC(=O)N1CCC(c2cc(-c3ccc(Oc4cccc(C(=O)O)c4)c(Cl)c3Cl)nn2C)CC1. The fourth-order valence-electron chi connectivity index (χ4n) is 5.29. The van der Waals surface area contributed by atoms with Gasteiger partial charge in [-0.25, -0.2) is 9.79 Å². The Hall–Kier alpha value is -4.29. The summed E-state index contributed by atoms with van der Waals surface area (Å²) >= 11 is 13.2. The second-order valence-electron chi connectivity index (χ2n) is 11.3. The Morgan fingerprint density at radius 2 is 1.82 bits per heavy atom. The average Bonchev–Trinajstić information content (AvgIpc) is 3.38. The van der Waals surface area contributed by atoms with E-state index in [9.17, 15) is 19.5 Å². The van der Waals surface area contributed by atoms with Crippen LogP contribution in [0.3, 0.4) is 0 Å². The number of piperidine rings is 1. The minimum absolute atomic E-state index is 0.0871. The molecule has 0 bridgehead atoms. The van der Waals surface area contributed by atoms with Crippen molar-refractivity contribution in [1.82, 2.24) is 20.0 Å². The maximum atomic E-state index is 12.9. The molecule has 1 aromatic heterocycles. The molecule has 45 heavy (non-hydrogen) atoms. The summed E-state index contributed by atoms with van der Waals surface area (Å²) in [5.41, 5.74) is 13.3. The van der Waals surface area contributed by atoms with Gasteiger partial charge in [-0.2, -0.15) is 5.10 Å². The van der Waals surface area contributed by atoms with Gasteiger partial charge < -0.3 is 31.5 Å². The van der Waals surface area contributed by atoms with Crippen LogP contribution in [0.4, 0.5) is 0 Å². The van der Waals surface area contributed by atoms with Gasteiger partial charge >= 0.3 is 5.97 Å². The van der Waals surface area contributed by atoms with Crippen molar-refractivity contribution in [3.05, 3.63) is 63.8 Å². The average molecular weight is 659 g/mol. The van der Waals surface area contributed by atoms with Crippen molar-refractivity contribution >= 4 is 46.9 Å². The van der Waals surface area contributed by atoms with Crippen LogP contribution in [0, 0.1) is 5.92 Å². The third kappa shape index (κ3) is 8.46. The molecule has 240 valence electrons. The molecule has 2 amide bonds. The third-order valence-corrected chi connectivity index (χ3v) is 8.39. The molecular formula is C31H37Cl2N7O5. The summed E-state index contributed by atoms with van der Waals surface area (Å²) in [7, 11) is 1.86. The van der Waals surface area contributed by atoms with Crippen LogP contribution in [0.2, 0.25) is 10.0 Å². The van der Waals surface area contributed by atoms with Gasteiger partial charge in [-0.15, -0.1) is 0 Å². The molecule has 14 heteroatoms. The Morgan fingerprint density at radius 3 is 2.47 bits per heavy atom. The van der Waals surface area contributed by atoms with E-state index in [2.05, 4.69) is 15.4 Å². The topological polar surface area (TPSA) is 178 Å². The molecule has 1 saturated heterocycles. The monoisotopic (exact) mass is 657 g/mol. The van der Waals surface area contributed by atoms with E-state index >= 15 is 0 Å². The molecule has 3 aromatic rings. The second-order valence-corrected chi connectivity index (χ2v) is 12.1. The summed E-state index contributed by atoms with van der Waals surface area (Å²) in [5, 5.41) is 17.0. The van der Waals surface area contributed by atoms with Gasteiger partial charge in [-0.05, 0) is 61.6 Å². The van der Waals surface area contributed by atoms with Crippen molar-refractivity contribution in [1.29, 1.82) is 0 Å². The Balaban J connectivity index is 1.37. The number of halogens is 2. The van der Waals surface area contributed by atoms with Gasteiger partial charge in [0.2, 0.25) is 11.8 Å². The number of carboxylic acid groups (broad SMARTS) is 1. The van der Waals surface area contributed by atoms with E-state index < -0.39 is 12.0 Å². The number of aromatic carboxylic acids is 1. The molecule has 0 aliphatic carbocycles. The normalized spacial score (nSPS) is 14.2. The van der Waals surface area contributed by atoms with Crippen LogP contribution in [0.15, 0.2) is 47.5 Å². The molecule has 6 N–H and O–H groups in total. The minimum atomic E-state index is -1.07. The molecule has 1 aliphatic rings. The van der Waals surface area contributed by atoms with E-state index in [1.807, 2.05) is 31.6 Å². The van der Waals surface area contributed by atoms with Crippen LogP contribution in [0.5, 0.6) is 11.5 Å². The van der Waals surface area contributed by atoms with E-state index in [4.69, 9.17) is 39.4 Å². The Bertz CT molecular complexity index is 1590. The molecule has 0 unspecified atom stereocenters. The van der Waals surface area contributed by atoms with Crippen LogP contribution in [0.1, 0.15) is 55.1 Å². The molecular weight excluding hydrogens is 621 g/mol. The lowest BCUT2D eigenvalue weighted by molar-refractivity contribution is -0.134. The number of nitrogens with one attached hydrogen (secondary N) is 1. The number of likely N-dealkylation sites (tertiary alicyclic amines) is 1. The smallest absolute Gasteiger partial charge is 0.335 e. The number of hydrogen-bond acceptors (Lipinski definition) is 6. The Kier molecular flexibility index (Phi) is 10.9. The van der Waals surface area contributed by atoms with Crippen molar-refractivity contribution < 1.29 is 24.2 Å². The van der Waals surface area contributed by atoms with Gasteiger partial charge in [-0.1, -0.05) is 43.1 Å². The number of guanidine groups is 1. The van der Waals surface area contributed by atoms with Gasteiger partial charge in [0.25, 0.3) is 0 Å².